The summed E-state index contributed by atoms with van der Waals surface area (Å²) in [7, 11) is 0. The Morgan fingerprint density at radius 2 is 2.19 bits per heavy atom. The lowest BCUT2D eigenvalue weighted by Gasteiger charge is -2.08. The van der Waals surface area contributed by atoms with Gasteiger partial charge in [-0.15, -0.1) is 0 Å². The van der Waals surface area contributed by atoms with Crippen molar-refractivity contribution in [1.82, 2.24) is 0 Å². The second-order valence-corrected chi connectivity index (χ2v) is 5.19. The zero-order chi connectivity index (χ0) is 11.6. The molecule has 1 saturated carbocycles. The van der Waals surface area contributed by atoms with Crippen molar-refractivity contribution in [2.45, 2.75) is 31.6 Å². The average molecular weight is 276 g/mol. The first-order valence-electron chi connectivity index (χ1n) is 5.59. The van der Waals surface area contributed by atoms with Crippen LogP contribution in [0.25, 0.3) is 6.08 Å². The third-order valence-corrected chi connectivity index (χ3v) is 3.44. The van der Waals surface area contributed by atoms with Gasteiger partial charge in [0.25, 0.3) is 0 Å². The second-order valence-electron chi connectivity index (χ2n) is 4.28. The van der Waals surface area contributed by atoms with E-state index in [4.69, 9.17) is 0 Å². The Labute approximate surface area is 105 Å². The summed E-state index contributed by atoms with van der Waals surface area (Å²) >= 11 is 3.51. The fourth-order valence-corrected chi connectivity index (χ4v) is 2.34. The molecular weight excluding hydrogens is 262 g/mol. The van der Waals surface area contributed by atoms with Crippen LogP contribution in [0.2, 0.25) is 0 Å². The van der Waals surface area contributed by atoms with Crippen LogP contribution in [0.5, 0.6) is 0 Å². The topological polar surface area (TPSA) is 23.8 Å². The van der Waals surface area contributed by atoms with Gasteiger partial charge in [-0.1, -0.05) is 41.1 Å². The van der Waals surface area contributed by atoms with E-state index in [2.05, 4.69) is 59.3 Å². The van der Waals surface area contributed by atoms with Gasteiger partial charge >= 0.3 is 0 Å². The molecule has 0 saturated heterocycles. The smallest absolute Gasteiger partial charge is 0.0824 e. The third-order valence-electron chi connectivity index (χ3n) is 2.98. The van der Waals surface area contributed by atoms with Gasteiger partial charge in [0, 0.05) is 4.47 Å². The third kappa shape index (κ3) is 2.20. The fourth-order valence-electron chi connectivity index (χ4n) is 1.83. The molecule has 1 aliphatic rings. The molecule has 0 aliphatic heterocycles. The molecule has 0 radical (unpaired) electrons. The van der Waals surface area contributed by atoms with E-state index in [9.17, 15) is 5.26 Å². The molecule has 1 nitrogen and oxygen atoms in total. The Kier molecular flexibility index (Phi) is 3.16. The minimum atomic E-state index is -0.196. The maximum atomic E-state index is 9.18. The van der Waals surface area contributed by atoms with Gasteiger partial charge in [-0.05, 0) is 42.5 Å². The first kappa shape index (κ1) is 11.4. The van der Waals surface area contributed by atoms with Crippen molar-refractivity contribution in [2.75, 3.05) is 0 Å². The summed E-state index contributed by atoms with van der Waals surface area (Å²) in [5.41, 5.74) is 2.13. The van der Waals surface area contributed by atoms with Crippen molar-refractivity contribution in [2.24, 2.45) is 0 Å². The van der Waals surface area contributed by atoms with Crippen molar-refractivity contribution < 1.29 is 0 Å². The van der Waals surface area contributed by atoms with E-state index in [1.54, 1.807) is 0 Å². The summed E-state index contributed by atoms with van der Waals surface area (Å²) in [5.74, 6) is 0. The molecule has 0 amide bonds. The lowest BCUT2D eigenvalue weighted by atomic mass is 9.96. The molecule has 0 spiro atoms. The molecule has 0 atom stereocenters. The number of benzene rings is 1. The molecule has 0 N–H and O–H groups in total. The van der Waals surface area contributed by atoms with Crippen LogP contribution in [0, 0.1) is 11.3 Å². The van der Waals surface area contributed by atoms with Crippen molar-refractivity contribution in [3.63, 3.8) is 0 Å². The number of nitrogens with zero attached hydrogens (tertiary/aromatic N) is 1. The summed E-state index contributed by atoms with van der Waals surface area (Å²) < 4.78 is 1.06. The zero-order valence-electron chi connectivity index (χ0n) is 9.33. The Morgan fingerprint density at radius 3 is 2.75 bits per heavy atom. The number of allylic oxidation sites excluding steroid dienone is 1. The summed E-state index contributed by atoms with van der Waals surface area (Å²) in [6.07, 6.45) is 7.28. The van der Waals surface area contributed by atoms with Gasteiger partial charge in [0.05, 0.1) is 11.5 Å². The maximum Gasteiger partial charge on any atom is 0.0824 e. The molecule has 1 aromatic rings. The van der Waals surface area contributed by atoms with E-state index >= 15 is 0 Å². The molecule has 82 valence electrons. The highest BCUT2D eigenvalue weighted by Gasteiger charge is 2.45. The standard InChI is InChI=1S/C14H14BrN/c1-2-3-4-11-7-12(9-13(15)8-11)14(10-16)5-6-14/h3-4,7-9H,2,5-6H2,1H3. The van der Waals surface area contributed by atoms with Crippen LogP contribution in [0.15, 0.2) is 28.7 Å². The number of halogens is 1. The van der Waals surface area contributed by atoms with Crippen LogP contribution in [-0.4, -0.2) is 0 Å². The Balaban J connectivity index is 2.37. The van der Waals surface area contributed by atoms with E-state index in [1.807, 2.05) is 0 Å². The first-order chi connectivity index (χ1) is 7.70. The maximum absolute atomic E-state index is 9.18. The fraction of sp³-hybridized carbons (Fsp3) is 0.357. The van der Waals surface area contributed by atoms with Gasteiger partial charge in [0.15, 0.2) is 0 Å². The van der Waals surface area contributed by atoms with Gasteiger partial charge in [-0.25, -0.2) is 0 Å². The number of hydrogen-bond donors (Lipinski definition) is 0. The highest BCUT2D eigenvalue weighted by molar-refractivity contribution is 9.10. The van der Waals surface area contributed by atoms with E-state index in [0.717, 1.165) is 29.3 Å². The first-order valence-corrected chi connectivity index (χ1v) is 6.38. The molecule has 0 unspecified atom stereocenters. The highest BCUT2D eigenvalue weighted by Crippen LogP contribution is 2.48. The van der Waals surface area contributed by atoms with Crippen LogP contribution in [0.4, 0.5) is 0 Å². The molecule has 0 heterocycles. The van der Waals surface area contributed by atoms with Gasteiger partial charge < -0.3 is 0 Å². The second kappa shape index (κ2) is 4.43. The Hall–Kier alpha value is -1.07. The van der Waals surface area contributed by atoms with E-state index in [-0.39, 0.29) is 5.41 Å². The molecule has 1 aliphatic carbocycles. The highest BCUT2D eigenvalue weighted by atomic mass is 79.9. The molecule has 1 fully saturated rings. The summed E-state index contributed by atoms with van der Waals surface area (Å²) in [6, 6.07) is 8.72. The van der Waals surface area contributed by atoms with Gasteiger partial charge in [0.1, 0.15) is 0 Å². The normalized spacial score (nSPS) is 17.3. The summed E-state index contributed by atoms with van der Waals surface area (Å²) in [4.78, 5) is 0. The molecule has 2 heteroatoms. The minimum absolute atomic E-state index is 0.196. The van der Waals surface area contributed by atoms with Gasteiger partial charge in [-0.2, -0.15) is 5.26 Å². The molecule has 1 aromatic carbocycles. The van der Waals surface area contributed by atoms with Crippen LogP contribution < -0.4 is 0 Å². The zero-order valence-corrected chi connectivity index (χ0v) is 10.9. The quantitative estimate of drug-likeness (QED) is 0.801. The summed E-state index contributed by atoms with van der Waals surface area (Å²) in [5, 5.41) is 9.18. The van der Waals surface area contributed by atoms with Crippen molar-refractivity contribution in [3.05, 3.63) is 39.9 Å². The number of rotatable bonds is 3. The van der Waals surface area contributed by atoms with E-state index in [1.165, 1.54) is 5.56 Å². The lowest BCUT2D eigenvalue weighted by Crippen LogP contribution is -2.02. The Morgan fingerprint density at radius 1 is 1.44 bits per heavy atom. The number of hydrogen-bond acceptors (Lipinski definition) is 1. The predicted molar refractivity (Wildman–Crippen MR) is 70.0 cm³/mol. The van der Waals surface area contributed by atoms with Crippen molar-refractivity contribution in [3.8, 4) is 6.07 Å². The van der Waals surface area contributed by atoms with E-state index in [0.29, 0.717) is 0 Å². The van der Waals surface area contributed by atoms with Crippen LogP contribution in [-0.2, 0) is 5.41 Å². The van der Waals surface area contributed by atoms with Crippen molar-refractivity contribution in [1.29, 1.82) is 5.26 Å². The van der Waals surface area contributed by atoms with Crippen LogP contribution >= 0.6 is 15.9 Å². The molecule has 0 aromatic heterocycles. The molecule has 2 rings (SSSR count). The van der Waals surface area contributed by atoms with E-state index < -0.39 is 0 Å². The van der Waals surface area contributed by atoms with Crippen LogP contribution in [0.1, 0.15) is 37.3 Å². The van der Waals surface area contributed by atoms with Crippen LogP contribution in [0.3, 0.4) is 0 Å². The predicted octanol–water partition coefficient (Wildman–Crippen LogP) is 4.43. The lowest BCUT2D eigenvalue weighted by molar-refractivity contribution is 0.906. The van der Waals surface area contributed by atoms with Gasteiger partial charge in [-0.3, -0.25) is 0 Å². The monoisotopic (exact) mass is 275 g/mol. The summed E-state index contributed by atoms with van der Waals surface area (Å²) in [6.45, 7) is 2.12. The molecule has 16 heavy (non-hydrogen) atoms. The number of nitriles is 1. The SMILES string of the molecule is CCC=Cc1cc(Br)cc(C2(C#N)CC2)c1. The Bertz CT molecular complexity index is 464. The van der Waals surface area contributed by atoms with Crippen molar-refractivity contribution >= 4 is 22.0 Å². The molecule has 0 bridgehead atoms. The largest absolute Gasteiger partial charge is 0.197 e. The van der Waals surface area contributed by atoms with Gasteiger partial charge in [0.2, 0.25) is 0 Å². The minimum Gasteiger partial charge on any atom is -0.197 e. The molecular formula is C14H14BrN. The average Bonchev–Trinajstić information content (AvgIpc) is 3.06.